The average molecular weight is 333 g/mol. The standard InChI is InChI=1S/C20H19N3O2/c1-20(2,24-3)23-14-16(13-21)19(22-23)15-9-11-18(12-10-15)25-17-7-5-4-6-8-17/h4-12,14H,1-3H3. The minimum Gasteiger partial charge on any atom is -0.457 e. The monoisotopic (exact) mass is 333 g/mol. The van der Waals surface area contributed by atoms with Gasteiger partial charge in [-0.15, -0.1) is 0 Å². The van der Waals surface area contributed by atoms with Crippen molar-refractivity contribution in [3.8, 4) is 28.8 Å². The lowest BCUT2D eigenvalue weighted by Gasteiger charge is -2.23. The molecule has 0 aliphatic rings. The zero-order chi connectivity index (χ0) is 17.9. The molecule has 3 aromatic rings. The van der Waals surface area contributed by atoms with Crippen molar-refractivity contribution in [3.05, 3.63) is 66.4 Å². The Hall–Kier alpha value is -3.10. The predicted molar refractivity (Wildman–Crippen MR) is 95.2 cm³/mol. The van der Waals surface area contributed by atoms with Crippen molar-refractivity contribution < 1.29 is 9.47 Å². The molecule has 25 heavy (non-hydrogen) atoms. The Balaban J connectivity index is 1.89. The minimum absolute atomic E-state index is 0.502. The van der Waals surface area contributed by atoms with E-state index in [0.717, 1.165) is 17.1 Å². The van der Waals surface area contributed by atoms with Gasteiger partial charge in [0.25, 0.3) is 0 Å². The first-order chi connectivity index (χ1) is 12.0. The fourth-order valence-corrected chi connectivity index (χ4v) is 2.34. The lowest BCUT2D eigenvalue weighted by atomic mass is 10.1. The number of para-hydroxylation sites is 1. The van der Waals surface area contributed by atoms with Crippen LogP contribution in [0.5, 0.6) is 11.5 Å². The third kappa shape index (κ3) is 3.54. The smallest absolute Gasteiger partial charge is 0.154 e. The summed E-state index contributed by atoms with van der Waals surface area (Å²) in [7, 11) is 1.61. The quantitative estimate of drug-likeness (QED) is 0.687. The Kier molecular flexibility index (Phi) is 4.55. The van der Waals surface area contributed by atoms with E-state index in [1.165, 1.54) is 0 Å². The summed E-state index contributed by atoms with van der Waals surface area (Å²) in [6, 6.07) is 19.3. The molecule has 1 aromatic heterocycles. The van der Waals surface area contributed by atoms with Gasteiger partial charge in [0.1, 0.15) is 23.3 Å². The number of methoxy groups -OCH3 is 1. The second-order valence-electron chi connectivity index (χ2n) is 6.04. The Morgan fingerprint density at radius 2 is 1.64 bits per heavy atom. The average Bonchev–Trinajstić information content (AvgIpc) is 3.08. The highest BCUT2D eigenvalue weighted by atomic mass is 16.5. The van der Waals surface area contributed by atoms with E-state index in [1.807, 2.05) is 68.4 Å². The van der Waals surface area contributed by atoms with E-state index in [4.69, 9.17) is 9.47 Å². The molecule has 0 radical (unpaired) electrons. The lowest BCUT2D eigenvalue weighted by Crippen LogP contribution is -2.28. The zero-order valence-electron chi connectivity index (χ0n) is 14.4. The van der Waals surface area contributed by atoms with Crippen LogP contribution in [0.1, 0.15) is 19.4 Å². The van der Waals surface area contributed by atoms with Gasteiger partial charge in [-0.1, -0.05) is 18.2 Å². The van der Waals surface area contributed by atoms with Crippen molar-refractivity contribution in [1.82, 2.24) is 9.78 Å². The highest BCUT2D eigenvalue weighted by molar-refractivity contribution is 5.66. The molecule has 0 saturated heterocycles. The van der Waals surface area contributed by atoms with Crippen molar-refractivity contribution in [3.63, 3.8) is 0 Å². The van der Waals surface area contributed by atoms with E-state index < -0.39 is 5.72 Å². The highest BCUT2D eigenvalue weighted by Crippen LogP contribution is 2.28. The molecule has 0 amide bonds. The summed E-state index contributed by atoms with van der Waals surface area (Å²) < 4.78 is 12.9. The first-order valence-corrected chi connectivity index (χ1v) is 7.92. The van der Waals surface area contributed by atoms with Crippen molar-refractivity contribution in [1.29, 1.82) is 5.26 Å². The minimum atomic E-state index is -0.625. The molecule has 0 spiro atoms. The number of nitrogens with zero attached hydrogens (tertiary/aromatic N) is 3. The van der Waals surface area contributed by atoms with Crippen LogP contribution in [0.25, 0.3) is 11.3 Å². The maximum atomic E-state index is 9.41. The number of hydrogen-bond acceptors (Lipinski definition) is 4. The summed E-state index contributed by atoms with van der Waals surface area (Å²) >= 11 is 0. The van der Waals surface area contributed by atoms with Crippen LogP contribution < -0.4 is 4.74 Å². The van der Waals surface area contributed by atoms with Gasteiger partial charge in [0.05, 0.1) is 5.56 Å². The molecule has 0 fully saturated rings. The van der Waals surface area contributed by atoms with Crippen LogP contribution in [0, 0.1) is 11.3 Å². The Bertz CT molecular complexity index is 891. The lowest BCUT2D eigenvalue weighted by molar-refractivity contribution is -0.0547. The molecule has 0 unspecified atom stereocenters. The van der Waals surface area contributed by atoms with Gasteiger partial charge in [0.2, 0.25) is 0 Å². The number of hydrogen-bond donors (Lipinski definition) is 0. The van der Waals surface area contributed by atoms with Crippen molar-refractivity contribution in [2.45, 2.75) is 19.6 Å². The number of ether oxygens (including phenoxy) is 2. The maximum Gasteiger partial charge on any atom is 0.154 e. The Morgan fingerprint density at radius 3 is 2.24 bits per heavy atom. The summed E-state index contributed by atoms with van der Waals surface area (Å²) in [5, 5.41) is 13.9. The Morgan fingerprint density at radius 1 is 1.00 bits per heavy atom. The van der Waals surface area contributed by atoms with Gasteiger partial charge in [0, 0.05) is 18.9 Å². The van der Waals surface area contributed by atoms with Gasteiger partial charge >= 0.3 is 0 Å². The molecule has 0 N–H and O–H groups in total. The fourth-order valence-electron chi connectivity index (χ4n) is 2.34. The van der Waals surface area contributed by atoms with Crippen LogP contribution in [-0.2, 0) is 10.5 Å². The fraction of sp³-hybridized carbons (Fsp3) is 0.200. The molecular weight excluding hydrogens is 314 g/mol. The molecule has 0 atom stereocenters. The van der Waals surface area contributed by atoms with Crippen molar-refractivity contribution in [2.75, 3.05) is 7.11 Å². The van der Waals surface area contributed by atoms with E-state index in [1.54, 1.807) is 18.0 Å². The largest absolute Gasteiger partial charge is 0.457 e. The van der Waals surface area contributed by atoms with Gasteiger partial charge in [-0.3, -0.25) is 0 Å². The second-order valence-corrected chi connectivity index (χ2v) is 6.04. The number of aromatic nitrogens is 2. The Labute approximate surface area is 147 Å². The van der Waals surface area contributed by atoms with E-state index in [9.17, 15) is 5.26 Å². The first-order valence-electron chi connectivity index (χ1n) is 7.92. The highest BCUT2D eigenvalue weighted by Gasteiger charge is 2.23. The molecule has 5 heteroatoms. The van der Waals surface area contributed by atoms with Crippen LogP contribution in [-0.4, -0.2) is 16.9 Å². The number of rotatable bonds is 5. The molecule has 0 aliphatic heterocycles. The molecule has 126 valence electrons. The summed E-state index contributed by atoms with van der Waals surface area (Å²) in [5.41, 5.74) is 1.35. The third-order valence-corrected chi connectivity index (χ3v) is 3.99. The van der Waals surface area contributed by atoms with Gasteiger partial charge in [0.15, 0.2) is 5.72 Å². The summed E-state index contributed by atoms with van der Waals surface area (Å²) in [4.78, 5) is 0. The predicted octanol–water partition coefficient (Wildman–Crippen LogP) is 4.55. The van der Waals surface area contributed by atoms with Gasteiger partial charge in [-0.2, -0.15) is 10.4 Å². The van der Waals surface area contributed by atoms with E-state index in [0.29, 0.717) is 11.3 Å². The van der Waals surface area contributed by atoms with Crippen LogP contribution in [0.4, 0.5) is 0 Å². The SMILES string of the molecule is COC(C)(C)n1cc(C#N)c(-c2ccc(Oc3ccccc3)cc2)n1. The third-order valence-electron chi connectivity index (χ3n) is 3.99. The van der Waals surface area contributed by atoms with Crippen LogP contribution in [0.2, 0.25) is 0 Å². The van der Waals surface area contributed by atoms with E-state index in [-0.39, 0.29) is 0 Å². The van der Waals surface area contributed by atoms with Crippen LogP contribution in [0.3, 0.4) is 0 Å². The summed E-state index contributed by atoms with van der Waals surface area (Å²) in [5.74, 6) is 1.50. The zero-order valence-corrected chi connectivity index (χ0v) is 14.4. The first kappa shape index (κ1) is 16.7. The molecule has 0 aliphatic carbocycles. The van der Waals surface area contributed by atoms with E-state index >= 15 is 0 Å². The molecule has 2 aromatic carbocycles. The molecule has 0 bridgehead atoms. The molecule has 5 nitrogen and oxygen atoms in total. The molecular formula is C20H19N3O2. The van der Waals surface area contributed by atoms with Crippen LogP contribution >= 0.6 is 0 Å². The topological polar surface area (TPSA) is 60.1 Å². The molecule has 3 rings (SSSR count). The van der Waals surface area contributed by atoms with E-state index in [2.05, 4.69) is 11.2 Å². The number of nitriles is 1. The summed E-state index contributed by atoms with van der Waals surface area (Å²) in [6.07, 6.45) is 1.70. The van der Waals surface area contributed by atoms with Gasteiger partial charge in [-0.05, 0) is 50.2 Å². The van der Waals surface area contributed by atoms with Crippen molar-refractivity contribution in [2.24, 2.45) is 0 Å². The number of benzene rings is 2. The molecule has 0 saturated carbocycles. The van der Waals surface area contributed by atoms with Gasteiger partial charge in [-0.25, -0.2) is 4.68 Å². The van der Waals surface area contributed by atoms with Crippen molar-refractivity contribution >= 4 is 0 Å². The maximum absolute atomic E-state index is 9.41. The molecule has 1 heterocycles. The van der Waals surface area contributed by atoms with Gasteiger partial charge < -0.3 is 9.47 Å². The normalized spacial score (nSPS) is 11.1. The summed E-state index contributed by atoms with van der Waals surface area (Å²) in [6.45, 7) is 3.78. The second kappa shape index (κ2) is 6.80. The van der Waals surface area contributed by atoms with Crippen LogP contribution in [0.15, 0.2) is 60.8 Å².